The molecule has 0 aliphatic rings. The van der Waals surface area contributed by atoms with Crippen LogP contribution in [0.3, 0.4) is 0 Å². The minimum atomic E-state index is -0.0344. The van der Waals surface area contributed by atoms with E-state index in [0.29, 0.717) is 0 Å². The number of aliphatic hydroxyl groups excluding tert-OH is 1. The van der Waals surface area contributed by atoms with Gasteiger partial charge in [-0.1, -0.05) is 48.0 Å². The van der Waals surface area contributed by atoms with E-state index in [1.54, 1.807) is 0 Å². The van der Waals surface area contributed by atoms with Gasteiger partial charge in [-0.05, 0) is 31.9 Å². The van der Waals surface area contributed by atoms with Gasteiger partial charge in [0.05, 0.1) is 0 Å². The molecule has 0 fully saturated rings. The lowest BCUT2D eigenvalue weighted by molar-refractivity contribution is 0.223. The molecule has 0 saturated carbocycles. The van der Waals surface area contributed by atoms with Crippen LogP contribution in [0.15, 0.2) is 28.7 Å². The summed E-state index contributed by atoms with van der Waals surface area (Å²) in [5.74, 6) is 0. The smallest absolute Gasteiger partial charge is 0.0448 e. The molecule has 2 nitrogen and oxygen atoms in total. The second kappa shape index (κ2) is 6.18. The molecule has 0 aliphatic carbocycles. The second-order valence-corrected chi connectivity index (χ2v) is 6.93. The summed E-state index contributed by atoms with van der Waals surface area (Å²) in [5, 5.41) is 12.6. The van der Waals surface area contributed by atoms with Crippen molar-refractivity contribution in [1.82, 2.24) is 5.32 Å². The van der Waals surface area contributed by atoms with Crippen LogP contribution < -0.4 is 5.32 Å². The average Bonchev–Trinajstić information content (AvgIpc) is 2.27. The maximum absolute atomic E-state index is 9.04. The molecule has 0 radical (unpaired) electrons. The van der Waals surface area contributed by atoms with Gasteiger partial charge in [-0.25, -0.2) is 0 Å². The molecule has 3 heteroatoms. The zero-order valence-corrected chi connectivity index (χ0v) is 13.3. The van der Waals surface area contributed by atoms with Crippen molar-refractivity contribution in [3.05, 3.63) is 34.3 Å². The van der Waals surface area contributed by atoms with Crippen molar-refractivity contribution < 1.29 is 5.11 Å². The molecule has 0 bridgehead atoms. The lowest BCUT2D eigenvalue weighted by atomic mass is 9.83. The lowest BCUT2D eigenvalue weighted by Gasteiger charge is -2.33. The Bertz CT molecular complexity index is 388. The highest BCUT2D eigenvalue weighted by atomic mass is 79.9. The summed E-state index contributed by atoms with van der Waals surface area (Å²) in [6.07, 6.45) is 0.763. The molecular weight excluding hydrogens is 290 g/mol. The van der Waals surface area contributed by atoms with Crippen molar-refractivity contribution in [3.63, 3.8) is 0 Å². The summed E-state index contributed by atoms with van der Waals surface area (Å²) in [4.78, 5) is 0. The number of hydrogen-bond acceptors (Lipinski definition) is 2. The number of aliphatic hydroxyl groups is 1. The molecule has 1 rings (SSSR count). The first-order valence-corrected chi connectivity index (χ1v) is 7.19. The monoisotopic (exact) mass is 313 g/mol. The largest absolute Gasteiger partial charge is 0.396 e. The Morgan fingerprint density at radius 2 is 1.78 bits per heavy atom. The van der Waals surface area contributed by atoms with Crippen LogP contribution in [0.2, 0.25) is 0 Å². The Morgan fingerprint density at radius 3 is 2.33 bits per heavy atom. The van der Waals surface area contributed by atoms with Crippen LogP contribution in [0, 0.1) is 0 Å². The van der Waals surface area contributed by atoms with E-state index in [4.69, 9.17) is 5.11 Å². The van der Waals surface area contributed by atoms with Crippen LogP contribution in [0.25, 0.3) is 0 Å². The lowest BCUT2D eigenvalue weighted by Crippen LogP contribution is -2.46. The van der Waals surface area contributed by atoms with Gasteiger partial charge in [0, 0.05) is 28.6 Å². The van der Waals surface area contributed by atoms with Crippen molar-refractivity contribution in [1.29, 1.82) is 0 Å². The van der Waals surface area contributed by atoms with Gasteiger partial charge >= 0.3 is 0 Å². The fourth-order valence-corrected chi connectivity index (χ4v) is 2.75. The first-order valence-electron chi connectivity index (χ1n) is 6.39. The van der Waals surface area contributed by atoms with E-state index in [-0.39, 0.29) is 17.6 Å². The van der Waals surface area contributed by atoms with Gasteiger partial charge in [0.15, 0.2) is 0 Å². The molecule has 1 aromatic carbocycles. The minimum absolute atomic E-state index is 0.0344. The van der Waals surface area contributed by atoms with E-state index in [1.165, 1.54) is 5.56 Å². The zero-order valence-electron chi connectivity index (χ0n) is 11.8. The summed E-state index contributed by atoms with van der Waals surface area (Å²) in [6, 6.07) is 8.34. The van der Waals surface area contributed by atoms with Gasteiger partial charge in [-0.3, -0.25) is 0 Å². The van der Waals surface area contributed by atoms with E-state index in [2.05, 4.69) is 67.1 Å². The van der Waals surface area contributed by atoms with Crippen LogP contribution in [0.5, 0.6) is 0 Å². The number of benzene rings is 1. The standard InChI is InChI=1S/C15H24BrNO/c1-14(2,11-17-15(3,4)9-10-18)12-7-5-6-8-13(12)16/h5-8,17-18H,9-11H2,1-4H3. The Balaban J connectivity index is 2.74. The number of rotatable bonds is 6. The molecule has 0 amide bonds. The minimum Gasteiger partial charge on any atom is -0.396 e. The summed E-state index contributed by atoms with van der Waals surface area (Å²) >= 11 is 3.62. The zero-order chi connectivity index (χ0) is 13.8. The average molecular weight is 314 g/mol. The topological polar surface area (TPSA) is 32.3 Å². The summed E-state index contributed by atoms with van der Waals surface area (Å²) in [7, 11) is 0. The van der Waals surface area contributed by atoms with E-state index in [0.717, 1.165) is 17.4 Å². The highest BCUT2D eigenvalue weighted by Crippen LogP contribution is 2.29. The van der Waals surface area contributed by atoms with Crippen molar-refractivity contribution >= 4 is 15.9 Å². The highest BCUT2D eigenvalue weighted by molar-refractivity contribution is 9.10. The van der Waals surface area contributed by atoms with Crippen LogP contribution in [0.4, 0.5) is 0 Å². The van der Waals surface area contributed by atoms with Gasteiger partial charge in [0.2, 0.25) is 0 Å². The molecule has 0 atom stereocenters. The molecular formula is C15H24BrNO. The molecule has 0 aromatic heterocycles. The normalized spacial score (nSPS) is 12.8. The molecule has 0 unspecified atom stereocenters. The number of nitrogens with one attached hydrogen (secondary N) is 1. The van der Waals surface area contributed by atoms with Crippen molar-refractivity contribution in [3.8, 4) is 0 Å². The van der Waals surface area contributed by atoms with Gasteiger partial charge in [0.25, 0.3) is 0 Å². The Kier molecular flexibility index (Phi) is 5.38. The molecule has 102 valence electrons. The van der Waals surface area contributed by atoms with Gasteiger partial charge in [0.1, 0.15) is 0 Å². The summed E-state index contributed by atoms with van der Waals surface area (Å²) in [6.45, 7) is 9.81. The number of halogens is 1. The maximum atomic E-state index is 9.04. The van der Waals surface area contributed by atoms with Crippen molar-refractivity contribution in [2.24, 2.45) is 0 Å². The Labute approximate surface area is 119 Å². The predicted molar refractivity (Wildman–Crippen MR) is 81.0 cm³/mol. The molecule has 0 spiro atoms. The van der Waals surface area contributed by atoms with E-state index >= 15 is 0 Å². The summed E-state index contributed by atoms with van der Waals surface area (Å²) < 4.78 is 1.15. The second-order valence-electron chi connectivity index (χ2n) is 6.07. The third-order valence-electron chi connectivity index (χ3n) is 3.35. The first kappa shape index (κ1) is 15.7. The van der Waals surface area contributed by atoms with Gasteiger partial charge in [-0.2, -0.15) is 0 Å². The fourth-order valence-electron chi connectivity index (χ4n) is 1.93. The quantitative estimate of drug-likeness (QED) is 0.842. The van der Waals surface area contributed by atoms with E-state index in [1.807, 2.05) is 6.07 Å². The molecule has 0 saturated heterocycles. The van der Waals surface area contributed by atoms with E-state index < -0.39 is 0 Å². The molecule has 18 heavy (non-hydrogen) atoms. The predicted octanol–water partition coefficient (Wildman–Crippen LogP) is 3.48. The molecule has 0 aliphatic heterocycles. The van der Waals surface area contributed by atoms with Crippen LogP contribution >= 0.6 is 15.9 Å². The third kappa shape index (κ3) is 4.38. The van der Waals surface area contributed by atoms with E-state index in [9.17, 15) is 0 Å². The van der Waals surface area contributed by atoms with Crippen LogP contribution in [-0.4, -0.2) is 23.8 Å². The highest BCUT2D eigenvalue weighted by Gasteiger charge is 2.26. The molecule has 0 heterocycles. The number of hydrogen-bond donors (Lipinski definition) is 2. The van der Waals surface area contributed by atoms with Crippen LogP contribution in [-0.2, 0) is 5.41 Å². The Morgan fingerprint density at radius 1 is 1.17 bits per heavy atom. The van der Waals surface area contributed by atoms with Crippen molar-refractivity contribution in [2.75, 3.05) is 13.2 Å². The first-order chi connectivity index (χ1) is 8.28. The molecule has 2 N–H and O–H groups in total. The van der Waals surface area contributed by atoms with Crippen LogP contribution in [0.1, 0.15) is 39.7 Å². The fraction of sp³-hybridized carbons (Fsp3) is 0.600. The van der Waals surface area contributed by atoms with Crippen molar-refractivity contribution in [2.45, 2.75) is 45.1 Å². The maximum Gasteiger partial charge on any atom is 0.0448 e. The Hall–Kier alpha value is -0.380. The van der Waals surface area contributed by atoms with Gasteiger partial charge in [-0.15, -0.1) is 0 Å². The third-order valence-corrected chi connectivity index (χ3v) is 4.04. The van der Waals surface area contributed by atoms with Gasteiger partial charge < -0.3 is 10.4 Å². The SMILES string of the molecule is CC(C)(CCO)NCC(C)(C)c1ccccc1Br. The summed E-state index contributed by atoms with van der Waals surface area (Å²) in [5.41, 5.74) is 1.32. The molecule has 1 aromatic rings.